The SMILES string of the molecule is CCc1ccc(C(C(=O)NC(Cc2ccccc2)C(=O)OC(C)(C)C)N(CC#N)C(=O)C(C)NC(=O)OC(C)(C)C)cc1. The van der Waals surface area contributed by atoms with E-state index in [1.165, 1.54) is 6.92 Å². The second-order valence-electron chi connectivity index (χ2n) is 12.3. The summed E-state index contributed by atoms with van der Waals surface area (Å²) in [5.74, 6) is -1.99. The van der Waals surface area contributed by atoms with Gasteiger partial charge < -0.3 is 25.0 Å². The number of aryl methyl sites for hydroxylation is 1. The lowest BCUT2D eigenvalue weighted by molar-refractivity contribution is -0.159. The van der Waals surface area contributed by atoms with E-state index in [1.54, 1.807) is 53.7 Å². The van der Waals surface area contributed by atoms with Crippen LogP contribution in [0.4, 0.5) is 4.79 Å². The zero-order valence-electron chi connectivity index (χ0n) is 26.4. The molecule has 3 amide bonds. The summed E-state index contributed by atoms with van der Waals surface area (Å²) in [6.07, 6.45) is 0.0877. The predicted octanol–water partition coefficient (Wildman–Crippen LogP) is 4.62. The first-order valence-electron chi connectivity index (χ1n) is 14.4. The van der Waals surface area contributed by atoms with Gasteiger partial charge in [-0.3, -0.25) is 9.59 Å². The Morgan fingerprint density at radius 1 is 0.860 bits per heavy atom. The Hall–Kier alpha value is -4.39. The van der Waals surface area contributed by atoms with Gasteiger partial charge in [0, 0.05) is 6.42 Å². The first kappa shape index (κ1) is 34.8. The molecular formula is C33H44N4O6. The van der Waals surface area contributed by atoms with Crippen LogP contribution in [0.3, 0.4) is 0 Å². The van der Waals surface area contributed by atoms with Crippen LogP contribution in [0.25, 0.3) is 0 Å². The standard InChI is InChI=1S/C33H44N4O6/c1-9-23-15-17-25(18-16-23)27(37(20-19-34)29(39)22(2)35-31(41)43-33(6,7)8)28(38)36-26(30(40)42-32(3,4)5)21-24-13-11-10-12-14-24/h10-18,22,26-27H,9,20-21H2,1-8H3,(H,35,41)(H,36,38). The number of esters is 1. The molecule has 0 bridgehead atoms. The fraction of sp³-hybridized carbons (Fsp3) is 0.485. The topological polar surface area (TPSA) is 138 Å². The summed E-state index contributed by atoms with van der Waals surface area (Å²) in [6.45, 7) is 13.3. The van der Waals surface area contributed by atoms with E-state index in [4.69, 9.17) is 9.47 Å². The number of nitrogens with zero attached hydrogens (tertiary/aromatic N) is 2. The van der Waals surface area contributed by atoms with Crippen LogP contribution in [0.2, 0.25) is 0 Å². The third-order valence-electron chi connectivity index (χ3n) is 6.18. The molecule has 0 fully saturated rings. The van der Waals surface area contributed by atoms with Crippen molar-refractivity contribution < 1.29 is 28.7 Å². The van der Waals surface area contributed by atoms with E-state index in [0.29, 0.717) is 5.56 Å². The number of hydrogen-bond donors (Lipinski definition) is 2. The summed E-state index contributed by atoms with van der Waals surface area (Å²) < 4.78 is 10.9. The van der Waals surface area contributed by atoms with E-state index >= 15 is 0 Å². The minimum absolute atomic E-state index is 0.145. The van der Waals surface area contributed by atoms with Crippen LogP contribution < -0.4 is 10.6 Å². The number of benzene rings is 2. The first-order valence-corrected chi connectivity index (χ1v) is 14.4. The average Bonchev–Trinajstić information content (AvgIpc) is 2.91. The maximum atomic E-state index is 14.1. The van der Waals surface area contributed by atoms with E-state index < -0.39 is 59.7 Å². The number of rotatable bonds is 11. The zero-order valence-corrected chi connectivity index (χ0v) is 26.4. The lowest BCUT2D eigenvalue weighted by atomic mass is 9.99. The molecule has 0 saturated carbocycles. The van der Waals surface area contributed by atoms with Crippen molar-refractivity contribution in [2.24, 2.45) is 0 Å². The molecule has 2 aromatic carbocycles. The van der Waals surface area contributed by atoms with Crippen molar-refractivity contribution in [2.75, 3.05) is 6.54 Å². The van der Waals surface area contributed by atoms with Gasteiger partial charge in [-0.05, 0) is 71.6 Å². The lowest BCUT2D eigenvalue weighted by Gasteiger charge is -2.33. The molecule has 43 heavy (non-hydrogen) atoms. The lowest BCUT2D eigenvalue weighted by Crippen LogP contribution is -2.54. The van der Waals surface area contributed by atoms with Gasteiger partial charge in [-0.15, -0.1) is 0 Å². The number of nitriles is 1. The number of alkyl carbamates (subject to hydrolysis) is 1. The molecule has 0 spiro atoms. The van der Waals surface area contributed by atoms with Crippen molar-refractivity contribution in [2.45, 2.75) is 97.6 Å². The number of carbonyl (C=O) groups excluding carboxylic acids is 4. The second kappa shape index (κ2) is 15.2. The first-order chi connectivity index (χ1) is 20.0. The molecule has 10 nitrogen and oxygen atoms in total. The summed E-state index contributed by atoms with van der Waals surface area (Å²) in [6, 6.07) is 14.7. The van der Waals surface area contributed by atoms with Gasteiger partial charge in [0.15, 0.2) is 0 Å². The summed E-state index contributed by atoms with van der Waals surface area (Å²) in [7, 11) is 0. The highest BCUT2D eigenvalue weighted by Crippen LogP contribution is 2.24. The molecule has 0 heterocycles. The summed E-state index contributed by atoms with van der Waals surface area (Å²) in [5, 5.41) is 15.0. The Balaban J connectivity index is 2.50. The maximum absolute atomic E-state index is 14.1. The molecular weight excluding hydrogens is 548 g/mol. The van der Waals surface area contributed by atoms with E-state index in [0.717, 1.165) is 22.4 Å². The largest absolute Gasteiger partial charge is 0.458 e. The number of ether oxygens (including phenoxy) is 2. The van der Waals surface area contributed by atoms with Crippen molar-refractivity contribution >= 4 is 23.9 Å². The molecule has 3 atom stereocenters. The number of amides is 3. The number of hydrogen-bond acceptors (Lipinski definition) is 7. The number of nitrogens with one attached hydrogen (secondary N) is 2. The highest BCUT2D eigenvalue weighted by Gasteiger charge is 2.37. The predicted molar refractivity (Wildman–Crippen MR) is 163 cm³/mol. The highest BCUT2D eigenvalue weighted by atomic mass is 16.6. The fourth-order valence-corrected chi connectivity index (χ4v) is 4.24. The minimum Gasteiger partial charge on any atom is -0.458 e. The van der Waals surface area contributed by atoms with Crippen molar-refractivity contribution in [1.82, 2.24) is 15.5 Å². The Labute approximate surface area is 254 Å². The average molecular weight is 593 g/mol. The van der Waals surface area contributed by atoms with Gasteiger partial charge in [-0.1, -0.05) is 61.5 Å². The van der Waals surface area contributed by atoms with E-state index in [1.807, 2.05) is 55.5 Å². The van der Waals surface area contributed by atoms with Crippen molar-refractivity contribution in [1.29, 1.82) is 5.26 Å². The van der Waals surface area contributed by atoms with Crippen LogP contribution in [0.15, 0.2) is 54.6 Å². The van der Waals surface area contributed by atoms with Gasteiger partial charge in [-0.2, -0.15) is 5.26 Å². The van der Waals surface area contributed by atoms with Gasteiger partial charge in [-0.25, -0.2) is 9.59 Å². The molecule has 0 saturated heterocycles. The van der Waals surface area contributed by atoms with Crippen molar-refractivity contribution in [3.05, 3.63) is 71.3 Å². The second-order valence-corrected chi connectivity index (χ2v) is 12.3. The molecule has 0 aliphatic rings. The Morgan fingerprint density at radius 3 is 1.95 bits per heavy atom. The molecule has 3 unspecified atom stereocenters. The quantitative estimate of drug-likeness (QED) is 0.287. The Bertz CT molecular complexity index is 1290. The summed E-state index contributed by atoms with van der Waals surface area (Å²) in [4.78, 5) is 54.6. The molecule has 232 valence electrons. The Morgan fingerprint density at radius 2 is 1.44 bits per heavy atom. The van der Waals surface area contributed by atoms with Gasteiger partial charge in [0.25, 0.3) is 0 Å². The van der Waals surface area contributed by atoms with Crippen LogP contribution in [-0.4, -0.2) is 58.6 Å². The van der Waals surface area contributed by atoms with Gasteiger partial charge in [0.05, 0.1) is 6.07 Å². The Kier molecular flexibility index (Phi) is 12.3. The molecule has 0 aliphatic heterocycles. The number of carbonyl (C=O) groups is 4. The minimum atomic E-state index is -1.29. The van der Waals surface area contributed by atoms with Gasteiger partial charge >= 0.3 is 12.1 Å². The third kappa shape index (κ3) is 11.4. The normalized spacial score (nSPS) is 13.5. The molecule has 2 rings (SSSR count). The zero-order chi connectivity index (χ0) is 32.4. The smallest absolute Gasteiger partial charge is 0.408 e. The van der Waals surface area contributed by atoms with Gasteiger partial charge in [0.2, 0.25) is 11.8 Å². The third-order valence-corrected chi connectivity index (χ3v) is 6.18. The van der Waals surface area contributed by atoms with Crippen LogP contribution in [-0.2, 0) is 36.7 Å². The molecule has 2 N–H and O–H groups in total. The molecule has 2 aromatic rings. The van der Waals surface area contributed by atoms with Gasteiger partial charge in [0.1, 0.15) is 35.9 Å². The van der Waals surface area contributed by atoms with Crippen LogP contribution >= 0.6 is 0 Å². The molecule has 0 radical (unpaired) electrons. The molecule has 0 aliphatic carbocycles. The van der Waals surface area contributed by atoms with E-state index in [-0.39, 0.29) is 6.42 Å². The van der Waals surface area contributed by atoms with Crippen LogP contribution in [0.5, 0.6) is 0 Å². The highest BCUT2D eigenvalue weighted by molar-refractivity contribution is 5.94. The summed E-state index contributed by atoms with van der Waals surface area (Å²) >= 11 is 0. The summed E-state index contributed by atoms with van der Waals surface area (Å²) in [5.41, 5.74) is 0.639. The molecule has 0 aromatic heterocycles. The fourth-order valence-electron chi connectivity index (χ4n) is 4.24. The van der Waals surface area contributed by atoms with Crippen molar-refractivity contribution in [3.8, 4) is 6.07 Å². The van der Waals surface area contributed by atoms with E-state index in [2.05, 4.69) is 10.6 Å². The maximum Gasteiger partial charge on any atom is 0.408 e. The van der Waals surface area contributed by atoms with Crippen LogP contribution in [0, 0.1) is 11.3 Å². The molecule has 10 heteroatoms. The van der Waals surface area contributed by atoms with E-state index in [9.17, 15) is 24.4 Å². The van der Waals surface area contributed by atoms with Crippen molar-refractivity contribution in [3.63, 3.8) is 0 Å². The van der Waals surface area contributed by atoms with Crippen LogP contribution in [0.1, 0.15) is 78.1 Å². The monoisotopic (exact) mass is 592 g/mol.